The summed E-state index contributed by atoms with van der Waals surface area (Å²) in [6, 6.07) is 8.24. The van der Waals surface area contributed by atoms with Crippen molar-refractivity contribution in [2.75, 3.05) is 13.7 Å². The van der Waals surface area contributed by atoms with Gasteiger partial charge in [-0.3, -0.25) is 14.3 Å². The molecule has 3 atom stereocenters. The Morgan fingerprint density at radius 1 is 1.25 bits per heavy atom. The highest BCUT2D eigenvalue weighted by Crippen LogP contribution is 2.45. The SMILES string of the molecule is COc1cccc2c1CC[C@H]1CNC(CCn3c(=O)[nH]c4[nH]ccc4c3=O)[C@@H]21. The first kappa shape index (κ1) is 17.3. The molecule has 7 heteroatoms. The summed E-state index contributed by atoms with van der Waals surface area (Å²) < 4.78 is 6.90. The lowest BCUT2D eigenvalue weighted by molar-refractivity contribution is 0.371. The number of methoxy groups -OCH3 is 1. The highest BCUT2D eigenvalue weighted by atomic mass is 16.5. The van der Waals surface area contributed by atoms with Crippen molar-refractivity contribution in [3.05, 3.63) is 62.4 Å². The fourth-order valence-electron chi connectivity index (χ4n) is 5.14. The van der Waals surface area contributed by atoms with Crippen molar-refractivity contribution >= 4 is 11.0 Å². The van der Waals surface area contributed by atoms with E-state index in [-0.39, 0.29) is 17.3 Å². The molecule has 7 nitrogen and oxygen atoms in total. The molecule has 28 heavy (non-hydrogen) atoms. The lowest BCUT2D eigenvalue weighted by Gasteiger charge is -2.32. The number of ether oxygens (including phenoxy) is 1. The van der Waals surface area contributed by atoms with Crippen molar-refractivity contribution in [2.45, 2.75) is 37.8 Å². The lowest BCUT2D eigenvalue weighted by atomic mass is 9.73. The summed E-state index contributed by atoms with van der Waals surface area (Å²) in [5.74, 6) is 1.95. The van der Waals surface area contributed by atoms with Crippen molar-refractivity contribution < 1.29 is 4.74 Å². The zero-order valence-corrected chi connectivity index (χ0v) is 15.8. The first-order chi connectivity index (χ1) is 13.7. The molecule has 0 amide bonds. The smallest absolute Gasteiger partial charge is 0.329 e. The molecule has 0 radical (unpaired) electrons. The van der Waals surface area contributed by atoms with Crippen LogP contribution in [0.2, 0.25) is 0 Å². The maximum Gasteiger partial charge on any atom is 0.329 e. The number of hydrogen-bond acceptors (Lipinski definition) is 4. The standard InChI is InChI=1S/C21H24N4O3/c1-28-17-4-2-3-14-13(17)6-5-12-11-23-16(18(12)14)8-10-25-20(26)15-7-9-22-19(15)24-21(25)27/h2-4,7,9,12,16,18,22-23H,5-6,8,10-11H2,1H3,(H,24,27)/t12-,16?,18+/m0/s1. The Balaban J connectivity index is 1.44. The van der Waals surface area contributed by atoms with Gasteiger partial charge >= 0.3 is 5.69 Å². The van der Waals surface area contributed by atoms with Gasteiger partial charge in [0.05, 0.1) is 12.5 Å². The average molecular weight is 380 g/mol. The van der Waals surface area contributed by atoms with E-state index in [4.69, 9.17) is 4.74 Å². The Morgan fingerprint density at radius 3 is 3.00 bits per heavy atom. The third-order valence-electron chi connectivity index (χ3n) is 6.46. The van der Waals surface area contributed by atoms with E-state index in [1.54, 1.807) is 19.4 Å². The van der Waals surface area contributed by atoms with Crippen molar-refractivity contribution in [2.24, 2.45) is 5.92 Å². The van der Waals surface area contributed by atoms with Gasteiger partial charge in [-0.05, 0) is 55.0 Å². The number of H-pyrrole nitrogens is 2. The molecule has 1 aromatic carbocycles. The molecule has 146 valence electrons. The Labute approximate surface area is 161 Å². The van der Waals surface area contributed by atoms with Crippen molar-refractivity contribution in [3.8, 4) is 5.75 Å². The summed E-state index contributed by atoms with van der Waals surface area (Å²) in [4.78, 5) is 30.7. The van der Waals surface area contributed by atoms with Crippen molar-refractivity contribution in [3.63, 3.8) is 0 Å². The van der Waals surface area contributed by atoms with E-state index >= 15 is 0 Å². The number of benzene rings is 1. The van der Waals surface area contributed by atoms with Gasteiger partial charge in [0.2, 0.25) is 0 Å². The topological polar surface area (TPSA) is 91.9 Å². The summed E-state index contributed by atoms with van der Waals surface area (Å²) in [7, 11) is 1.72. The van der Waals surface area contributed by atoms with E-state index in [0.717, 1.165) is 31.6 Å². The average Bonchev–Trinajstić information content (AvgIpc) is 3.34. The maximum absolute atomic E-state index is 12.7. The van der Waals surface area contributed by atoms with E-state index in [0.29, 0.717) is 29.4 Å². The van der Waals surface area contributed by atoms with Gasteiger partial charge in [-0.25, -0.2) is 4.79 Å². The van der Waals surface area contributed by atoms with E-state index in [1.165, 1.54) is 15.7 Å². The highest BCUT2D eigenvalue weighted by molar-refractivity contribution is 5.73. The molecule has 1 fully saturated rings. The van der Waals surface area contributed by atoms with Gasteiger partial charge in [0.25, 0.3) is 5.56 Å². The summed E-state index contributed by atoms with van der Waals surface area (Å²) >= 11 is 0. The minimum absolute atomic E-state index is 0.236. The number of nitrogens with one attached hydrogen (secondary N) is 3. The van der Waals surface area contributed by atoms with Crippen molar-refractivity contribution in [1.82, 2.24) is 19.9 Å². The Hall–Kier alpha value is -2.80. The van der Waals surface area contributed by atoms with Gasteiger partial charge < -0.3 is 15.0 Å². The Kier molecular flexibility index (Phi) is 4.12. The second-order valence-corrected chi connectivity index (χ2v) is 7.81. The summed E-state index contributed by atoms with van der Waals surface area (Å²) in [5.41, 5.74) is 2.55. The molecule has 0 spiro atoms. The largest absolute Gasteiger partial charge is 0.496 e. The zero-order chi connectivity index (χ0) is 19.3. The van der Waals surface area contributed by atoms with Crippen LogP contribution in [0.4, 0.5) is 0 Å². The maximum atomic E-state index is 12.7. The molecule has 1 unspecified atom stereocenters. The molecule has 3 N–H and O–H groups in total. The van der Waals surface area contributed by atoms with Gasteiger partial charge in [-0.2, -0.15) is 0 Å². The molecular formula is C21H24N4O3. The van der Waals surface area contributed by atoms with E-state index in [9.17, 15) is 9.59 Å². The lowest BCUT2D eigenvalue weighted by Crippen LogP contribution is -2.37. The van der Waals surface area contributed by atoms with Crippen molar-refractivity contribution in [1.29, 1.82) is 0 Å². The molecule has 2 aliphatic rings. The van der Waals surface area contributed by atoms with Crippen LogP contribution in [0.15, 0.2) is 40.1 Å². The third kappa shape index (κ3) is 2.61. The molecule has 2 aromatic heterocycles. The van der Waals surface area contributed by atoms with Gasteiger partial charge in [0, 0.05) is 24.7 Å². The van der Waals surface area contributed by atoms with Crippen LogP contribution in [0, 0.1) is 5.92 Å². The number of fused-ring (bicyclic) bond motifs is 4. The molecule has 3 aromatic rings. The first-order valence-corrected chi connectivity index (χ1v) is 9.86. The quantitative estimate of drug-likeness (QED) is 0.643. The van der Waals surface area contributed by atoms with Gasteiger partial charge in [-0.1, -0.05) is 12.1 Å². The second-order valence-electron chi connectivity index (χ2n) is 7.81. The van der Waals surface area contributed by atoms with Crippen LogP contribution < -0.4 is 21.3 Å². The monoisotopic (exact) mass is 380 g/mol. The van der Waals surface area contributed by atoms with Gasteiger partial charge in [0.1, 0.15) is 11.4 Å². The van der Waals surface area contributed by atoms with Crippen LogP contribution in [0.5, 0.6) is 5.75 Å². The van der Waals surface area contributed by atoms with E-state index < -0.39 is 0 Å². The summed E-state index contributed by atoms with van der Waals surface area (Å²) in [5, 5.41) is 4.16. The molecule has 0 saturated carbocycles. The molecule has 1 aliphatic carbocycles. The van der Waals surface area contributed by atoms with Crippen LogP contribution in [0.25, 0.3) is 11.0 Å². The van der Waals surface area contributed by atoms with Crippen LogP contribution in [-0.4, -0.2) is 34.2 Å². The Bertz CT molecular complexity index is 1140. The number of rotatable bonds is 4. The summed E-state index contributed by atoms with van der Waals surface area (Å²) in [6.45, 7) is 1.38. The minimum Gasteiger partial charge on any atom is -0.496 e. The normalized spacial score (nSPS) is 23.5. The third-order valence-corrected chi connectivity index (χ3v) is 6.46. The molecule has 1 saturated heterocycles. The number of hydrogen-bond donors (Lipinski definition) is 3. The number of nitrogens with zero attached hydrogens (tertiary/aromatic N) is 1. The first-order valence-electron chi connectivity index (χ1n) is 9.86. The summed E-state index contributed by atoms with van der Waals surface area (Å²) in [6.07, 6.45) is 4.58. The fraction of sp³-hybridized carbons (Fsp3) is 0.429. The molecule has 1 aliphatic heterocycles. The van der Waals surface area contributed by atoms with Gasteiger partial charge in [-0.15, -0.1) is 0 Å². The minimum atomic E-state index is -0.361. The van der Waals surface area contributed by atoms with Gasteiger partial charge in [0.15, 0.2) is 0 Å². The van der Waals surface area contributed by atoms with Crippen LogP contribution in [-0.2, 0) is 13.0 Å². The van der Waals surface area contributed by atoms with Crippen LogP contribution >= 0.6 is 0 Å². The van der Waals surface area contributed by atoms with E-state index in [1.807, 2.05) is 6.07 Å². The fourth-order valence-corrected chi connectivity index (χ4v) is 5.14. The predicted molar refractivity (Wildman–Crippen MR) is 107 cm³/mol. The molecular weight excluding hydrogens is 356 g/mol. The predicted octanol–water partition coefficient (Wildman–Crippen LogP) is 1.73. The molecule has 0 bridgehead atoms. The highest BCUT2D eigenvalue weighted by Gasteiger charge is 2.40. The number of aromatic amines is 2. The van der Waals surface area contributed by atoms with Crippen LogP contribution in [0.1, 0.15) is 29.9 Å². The number of aromatic nitrogens is 3. The molecule has 3 heterocycles. The van der Waals surface area contributed by atoms with Crippen LogP contribution in [0.3, 0.4) is 0 Å². The van der Waals surface area contributed by atoms with E-state index in [2.05, 4.69) is 27.4 Å². The molecule has 5 rings (SSSR count). The zero-order valence-electron chi connectivity index (χ0n) is 15.8. The second kappa shape index (κ2) is 6.67. The Morgan fingerprint density at radius 2 is 2.14 bits per heavy atom.